The largest absolute Gasteiger partial charge is 0.489 e. The van der Waals surface area contributed by atoms with Gasteiger partial charge in [-0.1, -0.05) is 41.9 Å². The molecule has 0 fully saturated rings. The molecule has 1 aliphatic rings. The molecule has 0 spiro atoms. The molecule has 0 saturated heterocycles. The third-order valence-electron chi connectivity index (χ3n) is 4.55. The first-order chi connectivity index (χ1) is 15.4. The van der Waals surface area contributed by atoms with Gasteiger partial charge in [-0.15, -0.1) is 0 Å². The number of rotatable bonds is 6. The highest BCUT2D eigenvalue weighted by Gasteiger charge is 2.27. The Kier molecular flexibility index (Phi) is 5.96. The number of halogens is 2. The average Bonchev–Trinajstić information content (AvgIpc) is 3.14. The highest BCUT2D eigenvalue weighted by molar-refractivity contribution is 6.34. The van der Waals surface area contributed by atoms with Crippen LogP contribution in [-0.4, -0.2) is 16.8 Å². The third-order valence-corrected chi connectivity index (χ3v) is 4.88. The van der Waals surface area contributed by atoms with Crippen molar-refractivity contribution in [3.63, 3.8) is 0 Å². The Morgan fingerprint density at radius 2 is 1.88 bits per heavy atom. The fourth-order valence-corrected chi connectivity index (χ4v) is 3.11. The highest BCUT2D eigenvalue weighted by Crippen LogP contribution is 2.27. The predicted molar refractivity (Wildman–Crippen MR) is 116 cm³/mol. The molecule has 4 rings (SSSR count). The van der Waals surface area contributed by atoms with Gasteiger partial charge in [-0.25, -0.2) is 14.2 Å². The van der Waals surface area contributed by atoms with Crippen LogP contribution in [0.2, 0.25) is 5.02 Å². The lowest BCUT2D eigenvalue weighted by atomic mass is 10.2. The van der Waals surface area contributed by atoms with Crippen molar-refractivity contribution in [1.29, 1.82) is 0 Å². The van der Waals surface area contributed by atoms with Crippen LogP contribution in [0.3, 0.4) is 0 Å². The first-order valence-corrected chi connectivity index (χ1v) is 9.71. The molecule has 0 radical (unpaired) electrons. The van der Waals surface area contributed by atoms with E-state index in [1.807, 2.05) is 0 Å². The predicted octanol–water partition coefficient (Wildman–Crippen LogP) is 5.31. The summed E-state index contributed by atoms with van der Waals surface area (Å²) in [4.78, 5) is 26.8. The number of non-ortho nitro benzene ring substituents is 1. The molecule has 1 heterocycles. The van der Waals surface area contributed by atoms with Gasteiger partial charge in [0.1, 0.15) is 18.2 Å². The van der Waals surface area contributed by atoms with Crippen LogP contribution in [0, 0.1) is 15.9 Å². The first-order valence-electron chi connectivity index (χ1n) is 9.34. The number of ether oxygens (including phenoxy) is 2. The molecule has 0 aromatic heterocycles. The van der Waals surface area contributed by atoms with Gasteiger partial charge in [0.25, 0.3) is 5.69 Å². The van der Waals surface area contributed by atoms with E-state index in [0.29, 0.717) is 16.9 Å². The highest BCUT2D eigenvalue weighted by atomic mass is 35.5. The number of hydrogen-bond acceptors (Lipinski definition) is 6. The summed E-state index contributed by atoms with van der Waals surface area (Å²) in [6.07, 6.45) is 1.50. The van der Waals surface area contributed by atoms with E-state index < -0.39 is 10.9 Å². The Bertz CT molecular complexity index is 1270. The first kappa shape index (κ1) is 21.2. The van der Waals surface area contributed by atoms with Crippen molar-refractivity contribution in [3.8, 4) is 5.75 Å². The summed E-state index contributed by atoms with van der Waals surface area (Å²) in [5.41, 5.74) is 1.04. The van der Waals surface area contributed by atoms with Crippen LogP contribution >= 0.6 is 11.6 Å². The van der Waals surface area contributed by atoms with Gasteiger partial charge in [-0.3, -0.25) is 10.1 Å². The summed E-state index contributed by atoms with van der Waals surface area (Å²) in [6.45, 7) is 0.0804. The number of aliphatic imine (C=N–C) groups is 1. The smallest absolute Gasteiger partial charge is 0.363 e. The molecule has 0 saturated carbocycles. The number of carbonyl (C=O) groups is 1. The molecule has 0 aliphatic carbocycles. The molecular weight excluding hydrogens is 439 g/mol. The van der Waals surface area contributed by atoms with Crippen LogP contribution < -0.4 is 4.74 Å². The Hall–Kier alpha value is -4.04. The molecule has 0 unspecified atom stereocenters. The Morgan fingerprint density at radius 3 is 2.59 bits per heavy atom. The number of hydrogen-bond donors (Lipinski definition) is 0. The van der Waals surface area contributed by atoms with Gasteiger partial charge in [-0.05, 0) is 35.9 Å². The van der Waals surface area contributed by atoms with E-state index in [1.165, 1.54) is 30.3 Å². The summed E-state index contributed by atoms with van der Waals surface area (Å²) < 4.78 is 24.4. The lowest BCUT2D eigenvalue weighted by Crippen LogP contribution is -2.06. The molecule has 32 heavy (non-hydrogen) atoms. The molecular formula is C23H14ClFN2O5. The van der Waals surface area contributed by atoms with Crippen molar-refractivity contribution in [2.24, 2.45) is 4.99 Å². The maximum absolute atomic E-state index is 13.7. The Balaban J connectivity index is 1.51. The van der Waals surface area contributed by atoms with E-state index in [2.05, 4.69) is 4.99 Å². The van der Waals surface area contributed by atoms with E-state index >= 15 is 0 Å². The average molecular weight is 453 g/mol. The number of esters is 1. The van der Waals surface area contributed by atoms with E-state index in [0.717, 1.165) is 0 Å². The number of benzene rings is 3. The standard InChI is InChI=1S/C23H14ClFN2O5/c24-19-10-7-16(27(29)30)12-18(19)22-26-21(23(28)32-22)11-14-5-8-17(9-6-14)31-13-15-3-1-2-4-20(15)25/h1-12H,13H2/b21-11-. The van der Waals surface area contributed by atoms with Crippen molar-refractivity contribution < 1.29 is 23.6 Å². The SMILES string of the molecule is O=C1OC(c2cc([N+](=O)[O-])ccc2Cl)=N/C1=C\c1ccc(OCc2ccccc2F)cc1. The maximum atomic E-state index is 13.7. The topological polar surface area (TPSA) is 91.0 Å². The van der Waals surface area contributed by atoms with E-state index in [-0.39, 0.29) is 40.3 Å². The summed E-state index contributed by atoms with van der Waals surface area (Å²) in [5.74, 6) is -0.634. The van der Waals surface area contributed by atoms with Crippen molar-refractivity contribution >= 4 is 35.2 Å². The van der Waals surface area contributed by atoms with Gasteiger partial charge in [-0.2, -0.15) is 0 Å². The van der Waals surface area contributed by atoms with E-state index in [9.17, 15) is 19.3 Å². The third kappa shape index (κ3) is 4.65. The van der Waals surface area contributed by atoms with Gasteiger partial charge in [0.2, 0.25) is 5.90 Å². The van der Waals surface area contributed by atoms with Crippen molar-refractivity contribution in [2.45, 2.75) is 6.61 Å². The fraction of sp³-hybridized carbons (Fsp3) is 0.0435. The Labute approximate surface area is 186 Å². The molecule has 160 valence electrons. The number of carbonyl (C=O) groups excluding carboxylic acids is 1. The molecule has 0 atom stereocenters. The quantitative estimate of drug-likeness (QED) is 0.219. The zero-order chi connectivity index (χ0) is 22.7. The second-order valence-corrected chi connectivity index (χ2v) is 7.11. The van der Waals surface area contributed by atoms with Crippen LogP contribution in [0.25, 0.3) is 6.08 Å². The van der Waals surface area contributed by atoms with Crippen LogP contribution in [0.5, 0.6) is 5.75 Å². The molecule has 3 aromatic rings. The lowest BCUT2D eigenvalue weighted by Gasteiger charge is -2.07. The fourth-order valence-electron chi connectivity index (χ4n) is 2.91. The molecule has 0 amide bonds. The monoisotopic (exact) mass is 452 g/mol. The molecule has 1 aliphatic heterocycles. The van der Waals surface area contributed by atoms with Gasteiger partial charge in [0.05, 0.1) is 15.5 Å². The van der Waals surface area contributed by atoms with Crippen LogP contribution in [0.15, 0.2) is 77.4 Å². The van der Waals surface area contributed by atoms with Gasteiger partial charge in [0, 0.05) is 17.7 Å². The maximum Gasteiger partial charge on any atom is 0.363 e. The molecule has 0 N–H and O–H groups in total. The molecule has 7 nitrogen and oxygen atoms in total. The molecule has 0 bridgehead atoms. The van der Waals surface area contributed by atoms with Gasteiger partial charge in [0.15, 0.2) is 5.70 Å². The number of nitro groups is 1. The zero-order valence-corrected chi connectivity index (χ0v) is 17.1. The summed E-state index contributed by atoms with van der Waals surface area (Å²) >= 11 is 6.09. The van der Waals surface area contributed by atoms with Crippen molar-refractivity contribution in [1.82, 2.24) is 0 Å². The minimum absolute atomic E-state index is 0.0163. The molecule has 9 heteroatoms. The normalized spacial score (nSPS) is 14.2. The van der Waals surface area contributed by atoms with Crippen molar-refractivity contribution in [3.05, 3.63) is 110 Å². The van der Waals surface area contributed by atoms with Crippen LogP contribution in [0.4, 0.5) is 10.1 Å². The number of cyclic esters (lactones) is 1. The van der Waals surface area contributed by atoms with Gasteiger partial charge < -0.3 is 9.47 Å². The van der Waals surface area contributed by atoms with E-state index in [4.69, 9.17) is 21.1 Å². The van der Waals surface area contributed by atoms with Crippen molar-refractivity contribution in [2.75, 3.05) is 0 Å². The minimum Gasteiger partial charge on any atom is -0.489 e. The lowest BCUT2D eigenvalue weighted by molar-refractivity contribution is -0.384. The second kappa shape index (κ2) is 8.99. The summed E-state index contributed by atoms with van der Waals surface area (Å²) in [7, 11) is 0. The number of nitrogens with zero attached hydrogens (tertiary/aromatic N) is 2. The Morgan fingerprint density at radius 1 is 1.12 bits per heavy atom. The zero-order valence-electron chi connectivity index (χ0n) is 16.3. The van der Waals surface area contributed by atoms with Crippen LogP contribution in [-0.2, 0) is 16.1 Å². The second-order valence-electron chi connectivity index (χ2n) is 6.71. The summed E-state index contributed by atoms with van der Waals surface area (Å²) in [6, 6.07) is 16.9. The number of nitro benzene ring substituents is 1. The van der Waals surface area contributed by atoms with Gasteiger partial charge >= 0.3 is 5.97 Å². The van der Waals surface area contributed by atoms with E-state index in [1.54, 1.807) is 42.5 Å². The summed E-state index contributed by atoms with van der Waals surface area (Å²) in [5, 5.41) is 11.2. The molecule has 3 aromatic carbocycles. The van der Waals surface area contributed by atoms with Crippen LogP contribution in [0.1, 0.15) is 16.7 Å². The minimum atomic E-state index is -0.706.